The fraction of sp³-hybridized carbons (Fsp3) is 0.480. The van der Waals surface area contributed by atoms with Crippen molar-refractivity contribution in [3.63, 3.8) is 0 Å². The topological polar surface area (TPSA) is 89.9 Å². The minimum Gasteiger partial charge on any atom is -0.466 e. The number of carbonyl (C=O) groups excluding carboxylic acids is 3. The van der Waals surface area contributed by atoms with Crippen LogP contribution in [0.25, 0.3) is 0 Å². The van der Waals surface area contributed by atoms with Gasteiger partial charge >= 0.3 is 5.97 Å². The van der Waals surface area contributed by atoms with Gasteiger partial charge in [-0.1, -0.05) is 12.1 Å². The van der Waals surface area contributed by atoms with Gasteiger partial charge in [0.1, 0.15) is 11.5 Å². The van der Waals surface area contributed by atoms with Crippen LogP contribution in [-0.2, 0) is 27.4 Å². The SMILES string of the molecule is CCOC(=O)C[C@H]1CCCN1C(=O)c1cc(C(=O)N[C@H](C)c2ccc(F)cc2)n2c1COCC2. The number of rotatable bonds is 7. The summed E-state index contributed by atoms with van der Waals surface area (Å²) in [6, 6.07) is 7.04. The normalized spacial score (nSPS) is 18.3. The summed E-state index contributed by atoms with van der Waals surface area (Å²) in [5, 5.41) is 2.94. The Hall–Kier alpha value is -3.20. The first-order chi connectivity index (χ1) is 16.4. The zero-order valence-corrected chi connectivity index (χ0v) is 19.5. The van der Waals surface area contributed by atoms with E-state index in [1.54, 1.807) is 30.0 Å². The summed E-state index contributed by atoms with van der Waals surface area (Å²) >= 11 is 0. The minimum atomic E-state index is -0.342. The Morgan fingerprint density at radius 1 is 1.24 bits per heavy atom. The van der Waals surface area contributed by atoms with Crippen molar-refractivity contribution in [1.82, 2.24) is 14.8 Å². The van der Waals surface area contributed by atoms with E-state index >= 15 is 0 Å². The summed E-state index contributed by atoms with van der Waals surface area (Å²) < 4.78 is 25.7. The van der Waals surface area contributed by atoms with Crippen molar-refractivity contribution in [3.8, 4) is 0 Å². The number of aromatic nitrogens is 1. The Labute approximate surface area is 198 Å². The molecule has 0 spiro atoms. The van der Waals surface area contributed by atoms with Crippen LogP contribution >= 0.6 is 0 Å². The highest BCUT2D eigenvalue weighted by atomic mass is 19.1. The number of benzene rings is 1. The molecule has 4 rings (SSSR count). The molecule has 182 valence electrons. The highest BCUT2D eigenvalue weighted by Crippen LogP contribution is 2.28. The largest absolute Gasteiger partial charge is 0.466 e. The van der Waals surface area contributed by atoms with E-state index in [1.807, 2.05) is 11.5 Å². The van der Waals surface area contributed by atoms with Crippen molar-refractivity contribution in [2.75, 3.05) is 19.8 Å². The van der Waals surface area contributed by atoms with Crippen LogP contribution in [-0.4, -0.2) is 53.1 Å². The highest BCUT2D eigenvalue weighted by Gasteiger charge is 2.35. The quantitative estimate of drug-likeness (QED) is 0.627. The first kappa shape index (κ1) is 23.9. The zero-order chi connectivity index (χ0) is 24.2. The monoisotopic (exact) mass is 471 g/mol. The predicted octanol–water partition coefficient (Wildman–Crippen LogP) is 3.21. The molecule has 2 aromatic rings. The molecular weight excluding hydrogens is 441 g/mol. The second kappa shape index (κ2) is 10.4. The Morgan fingerprint density at radius 2 is 2.00 bits per heavy atom. The summed E-state index contributed by atoms with van der Waals surface area (Å²) in [5.74, 6) is -1.17. The maximum Gasteiger partial charge on any atom is 0.307 e. The van der Waals surface area contributed by atoms with Crippen LogP contribution in [0.15, 0.2) is 30.3 Å². The molecule has 3 heterocycles. The maximum absolute atomic E-state index is 13.5. The number of fused-ring (bicyclic) bond motifs is 1. The molecule has 2 aliphatic heterocycles. The third-order valence-corrected chi connectivity index (χ3v) is 6.43. The molecule has 1 saturated heterocycles. The van der Waals surface area contributed by atoms with E-state index in [0.717, 1.165) is 18.4 Å². The number of hydrogen-bond acceptors (Lipinski definition) is 5. The van der Waals surface area contributed by atoms with Gasteiger partial charge in [0.15, 0.2) is 0 Å². The number of amides is 2. The van der Waals surface area contributed by atoms with Crippen LogP contribution in [0, 0.1) is 5.82 Å². The van der Waals surface area contributed by atoms with Crippen molar-refractivity contribution < 1.29 is 28.2 Å². The van der Waals surface area contributed by atoms with Crippen LogP contribution in [0.5, 0.6) is 0 Å². The van der Waals surface area contributed by atoms with Crippen LogP contribution in [0.3, 0.4) is 0 Å². The lowest BCUT2D eigenvalue weighted by molar-refractivity contribution is -0.144. The van der Waals surface area contributed by atoms with Crippen molar-refractivity contribution in [1.29, 1.82) is 0 Å². The molecule has 1 fully saturated rings. The first-order valence-corrected chi connectivity index (χ1v) is 11.7. The van der Waals surface area contributed by atoms with Crippen molar-refractivity contribution in [2.45, 2.75) is 58.3 Å². The average molecular weight is 472 g/mol. The number of nitrogens with one attached hydrogen (secondary N) is 1. The van der Waals surface area contributed by atoms with Crippen molar-refractivity contribution in [2.24, 2.45) is 0 Å². The fourth-order valence-electron chi connectivity index (χ4n) is 4.69. The molecule has 8 nitrogen and oxygen atoms in total. The molecule has 1 aromatic carbocycles. The van der Waals surface area contributed by atoms with E-state index < -0.39 is 0 Å². The Balaban J connectivity index is 1.55. The van der Waals surface area contributed by atoms with Crippen molar-refractivity contribution >= 4 is 17.8 Å². The number of carbonyl (C=O) groups is 3. The smallest absolute Gasteiger partial charge is 0.307 e. The van der Waals surface area contributed by atoms with Gasteiger partial charge in [0.05, 0.1) is 43.5 Å². The lowest BCUT2D eigenvalue weighted by Gasteiger charge is -2.25. The molecule has 1 N–H and O–H groups in total. The molecule has 2 atom stereocenters. The Kier molecular flexibility index (Phi) is 7.31. The number of esters is 1. The molecule has 9 heteroatoms. The molecule has 2 aliphatic rings. The lowest BCUT2D eigenvalue weighted by atomic mass is 10.1. The molecule has 0 saturated carbocycles. The Bertz CT molecular complexity index is 1070. The molecule has 1 aromatic heterocycles. The van der Waals surface area contributed by atoms with E-state index in [1.165, 1.54) is 12.1 Å². The average Bonchev–Trinajstić information content (AvgIpc) is 3.44. The van der Waals surface area contributed by atoms with Gasteiger partial charge in [0, 0.05) is 19.1 Å². The van der Waals surface area contributed by atoms with Gasteiger partial charge in [-0.2, -0.15) is 0 Å². The summed E-state index contributed by atoms with van der Waals surface area (Å²) in [6.07, 6.45) is 1.71. The number of ether oxygens (including phenoxy) is 2. The van der Waals surface area contributed by atoms with E-state index in [-0.39, 0.29) is 48.7 Å². The minimum absolute atomic E-state index is 0.161. The molecule has 2 amide bonds. The summed E-state index contributed by atoms with van der Waals surface area (Å²) in [6.45, 7) is 5.58. The lowest BCUT2D eigenvalue weighted by Crippen LogP contribution is -2.37. The van der Waals surface area contributed by atoms with Gasteiger partial charge in [0.2, 0.25) is 0 Å². The summed E-state index contributed by atoms with van der Waals surface area (Å²) in [4.78, 5) is 40.4. The van der Waals surface area contributed by atoms with E-state index in [2.05, 4.69) is 5.32 Å². The predicted molar refractivity (Wildman–Crippen MR) is 122 cm³/mol. The van der Waals surface area contributed by atoms with Crippen LogP contribution < -0.4 is 5.32 Å². The number of likely N-dealkylation sites (tertiary alicyclic amines) is 1. The standard InChI is InChI=1S/C25H30FN3O5/c1-3-34-23(30)13-19-5-4-10-28(19)25(32)20-14-21(29-11-12-33-15-22(20)29)24(31)27-16(2)17-6-8-18(26)9-7-17/h6-9,14,16,19H,3-5,10-13,15H2,1-2H3,(H,27,31)/t16-,19-/m1/s1. The van der Waals surface area contributed by atoms with Crippen LogP contribution in [0.1, 0.15) is 71.3 Å². The number of hydrogen-bond donors (Lipinski definition) is 1. The van der Waals surface area contributed by atoms with E-state index in [4.69, 9.17) is 9.47 Å². The second-order valence-corrected chi connectivity index (χ2v) is 8.64. The summed E-state index contributed by atoms with van der Waals surface area (Å²) in [7, 11) is 0. The summed E-state index contributed by atoms with van der Waals surface area (Å²) in [5.41, 5.74) is 2.25. The molecule has 0 unspecified atom stereocenters. The third kappa shape index (κ3) is 4.99. The van der Waals surface area contributed by atoms with Gasteiger partial charge in [-0.25, -0.2) is 4.39 Å². The van der Waals surface area contributed by atoms with E-state index in [9.17, 15) is 18.8 Å². The second-order valence-electron chi connectivity index (χ2n) is 8.64. The van der Waals surface area contributed by atoms with E-state index in [0.29, 0.717) is 43.3 Å². The number of nitrogens with zero attached hydrogens (tertiary/aromatic N) is 2. The van der Waals surface area contributed by atoms with Crippen LogP contribution in [0.2, 0.25) is 0 Å². The van der Waals surface area contributed by atoms with Gasteiger partial charge in [-0.3, -0.25) is 14.4 Å². The van der Waals surface area contributed by atoms with Gasteiger partial charge in [0.25, 0.3) is 11.8 Å². The van der Waals surface area contributed by atoms with Gasteiger partial charge in [-0.15, -0.1) is 0 Å². The number of halogens is 1. The molecule has 34 heavy (non-hydrogen) atoms. The molecule has 0 radical (unpaired) electrons. The first-order valence-electron chi connectivity index (χ1n) is 11.7. The maximum atomic E-state index is 13.5. The Morgan fingerprint density at radius 3 is 2.74 bits per heavy atom. The highest BCUT2D eigenvalue weighted by molar-refractivity contribution is 6.01. The zero-order valence-electron chi connectivity index (χ0n) is 19.5. The fourth-order valence-corrected chi connectivity index (χ4v) is 4.69. The molecule has 0 aliphatic carbocycles. The van der Waals surface area contributed by atoms with Gasteiger partial charge in [-0.05, 0) is 50.5 Å². The molecule has 0 bridgehead atoms. The van der Waals surface area contributed by atoms with Crippen molar-refractivity contribution in [3.05, 3.63) is 58.7 Å². The van der Waals surface area contributed by atoms with Gasteiger partial charge < -0.3 is 24.3 Å². The third-order valence-electron chi connectivity index (χ3n) is 6.43. The molecular formula is C25H30FN3O5. The van der Waals surface area contributed by atoms with Crippen LogP contribution in [0.4, 0.5) is 4.39 Å².